The summed E-state index contributed by atoms with van der Waals surface area (Å²) in [5, 5.41) is 3.99. The summed E-state index contributed by atoms with van der Waals surface area (Å²) in [6.45, 7) is 6.71. The number of aliphatic imine (C=N–C) groups is 1. The van der Waals surface area contributed by atoms with Crippen molar-refractivity contribution in [3.8, 4) is 0 Å². The molecule has 0 aliphatic carbocycles. The second-order valence-corrected chi connectivity index (χ2v) is 7.57. The molecular formula is C18H18N3S+. The van der Waals surface area contributed by atoms with Crippen LogP contribution < -0.4 is 0 Å². The maximum atomic E-state index is 4.73. The fraction of sp³-hybridized carbons (Fsp3) is 0.333. The van der Waals surface area contributed by atoms with Crippen molar-refractivity contribution >= 4 is 40.4 Å². The largest absolute Gasteiger partial charge is 0.318 e. The Kier molecular flexibility index (Phi) is 2.27. The van der Waals surface area contributed by atoms with E-state index in [2.05, 4.69) is 54.6 Å². The Bertz CT molecular complexity index is 959. The van der Waals surface area contributed by atoms with Gasteiger partial charge >= 0.3 is 0 Å². The molecule has 3 nitrogen and oxygen atoms in total. The number of aromatic nitrogens is 1. The number of thioether (sulfide) groups is 1. The van der Waals surface area contributed by atoms with Gasteiger partial charge in [-0.3, -0.25) is 0 Å². The monoisotopic (exact) mass is 308 g/mol. The molecule has 1 aromatic carbocycles. The van der Waals surface area contributed by atoms with Gasteiger partial charge in [0.05, 0.1) is 12.6 Å². The topological polar surface area (TPSA) is 20.3 Å². The van der Waals surface area contributed by atoms with Crippen LogP contribution in [0.5, 0.6) is 0 Å². The Labute approximate surface area is 134 Å². The van der Waals surface area contributed by atoms with Crippen molar-refractivity contribution in [2.24, 2.45) is 10.9 Å². The first-order chi connectivity index (χ1) is 10.6. The maximum absolute atomic E-state index is 4.73. The SMILES string of the molecule is Cc1cc2c(C)cn3c2c(c1C)C1=[N+](C)C=NC2SC=C3C12. The Hall–Kier alpha value is -1.81. The number of benzene rings is 1. The van der Waals surface area contributed by atoms with E-state index in [0.29, 0.717) is 11.3 Å². The molecule has 0 bridgehead atoms. The zero-order valence-corrected chi connectivity index (χ0v) is 14.0. The Balaban J connectivity index is 2.05. The molecule has 2 unspecified atom stereocenters. The smallest absolute Gasteiger partial charge is 0.281 e. The number of nitrogens with zero attached hydrogens (tertiary/aromatic N) is 3. The lowest BCUT2D eigenvalue weighted by Gasteiger charge is -2.29. The van der Waals surface area contributed by atoms with Crippen molar-refractivity contribution in [1.29, 1.82) is 0 Å². The molecule has 0 fully saturated rings. The van der Waals surface area contributed by atoms with Crippen molar-refractivity contribution in [3.63, 3.8) is 0 Å². The van der Waals surface area contributed by atoms with Crippen LogP contribution in [-0.2, 0) is 0 Å². The fourth-order valence-electron chi connectivity index (χ4n) is 4.12. The minimum atomic E-state index is 0.298. The lowest BCUT2D eigenvalue weighted by molar-refractivity contribution is -0.364. The zero-order chi connectivity index (χ0) is 15.2. The first-order valence-electron chi connectivity index (χ1n) is 7.69. The van der Waals surface area contributed by atoms with Gasteiger partial charge in [0.25, 0.3) is 6.34 Å². The molecular weight excluding hydrogens is 290 g/mol. The molecule has 1 aromatic heterocycles. The lowest BCUT2D eigenvalue weighted by Crippen LogP contribution is -2.39. The zero-order valence-electron chi connectivity index (χ0n) is 13.2. The minimum absolute atomic E-state index is 0.298. The summed E-state index contributed by atoms with van der Waals surface area (Å²) in [6.07, 6.45) is 4.30. The van der Waals surface area contributed by atoms with Gasteiger partial charge in [0, 0.05) is 22.8 Å². The third-order valence-corrected chi connectivity index (χ3v) is 6.39. The van der Waals surface area contributed by atoms with Crippen LogP contribution in [0.15, 0.2) is 22.7 Å². The van der Waals surface area contributed by atoms with Crippen LogP contribution in [0, 0.1) is 26.7 Å². The van der Waals surface area contributed by atoms with Crippen LogP contribution in [0.25, 0.3) is 16.6 Å². The van der Waals surface area contributed by atoms with Gasteiger partial charge in [0.15, 0.2) is 0 Å². The first kappa shape index (κ1) is 12.7. The molecule has 0 saturated carbocycles. The van der Waals surface area contributed by atoms with Crippen LogP contribution in [0.3, 0.4) is 0 Å². The highest BCUT2D eigenvalue weighted by molar-refractivity contribution is 8.03. The molecule has 0 radical (unpaired) electrons. The molecule has 0 spiro atoms. The van der Waals surface area contributed by atoms with Gasteiger partial charge in [-0.2, -0.15) is 0 Å². The highest BCUT2D eigenvalue weighted by atomic mass is 32.2. The summed E-state index contributed by atoms with van der Waals surface area (Å²) in [5.74, 6) is 0.378. The summed E-state index contributed by atoms with van der Waals surface area (Å²) in [5.41, 5.74) is 9.75. The molecule has 0 N–H and O–H groups in total. The van der Waals surface area contributed by atoms with Gasteiger partial charge in [-0.25, -0.2) is 4.58 Å². The predicted molar refractivity (Wildman–Crippen MR) is 94.1 cm³/mol. The number of fused-ring (bicyclic) bond motifs is 2. The first-order valence-corrected chi connectivity index (χ1v) is 8.63. The van der Waals surface area contributed by atoms with E-state index in [1.54, 1.807) is 0 Å². The number of rotatable bonds is 0. The van der Waals surface area contributed by atoms with Crippen molar-refractivity contribution in [2.75, 3.05) is 7.05 Å². The molecule has 3 aliphatic heterocycles. The standard InChI is InChI=1S/C18H18N3S/c1-9-5-12-10(2)6-21-13-7-22-18-15(13)17(20(4)8-19-18)14(11(9)3)16(12)21/h5-8,15,18H,1-4H3/q+1. The van der Waals surface area contributed by atoms with E-state index in [4.69, 9.17) is 4.99 Å². The second kappa shape index (κ2) is 3.93. The van der Waals surface area contributed by atoms with Crippen LogP contribution >= 0.6 is 11.8 Å². The fourth-order valence-corrected chi connectivity index (χ4v) is 5.21. The van der Waals surface area contributed by atoms with E-state index in [9.17, 15) is 0 Å². The normalized spacial score (nSPS) is 25.0. The summed E-state index contributed by atoms with van der Waals surface area (Å²) in [4.78, 5) is 4.73. The van der Waals surface area contributed by atoms with E-state index in [0.717, 1.165) is 0 Å². The number of hydrogen-bond donors (Lipinski definition) is 0. The quantitative estimate of drug-likeness (QED) is 0.682. The van der Waals surface area contributed by atoms with Crippen LogP contribution in [0.2, 0.25) is 0 Å². The molecule has 4 heterocycles. The highest BCUT2D eigenvalue weighted by Crippen LogP contribution is 2.48. The molecule has 5 rings (SSSR count). The molecule has 4 heteroatoms. The summed E-state index contributed by atoms with van der Waals surface area (Å²) >= 11 is 1.85. The average molecular weight is 308 g/mol. The van der Waals surface area contributed by atoms with Crippen LogP contribution in [0.1, 0.15) is 22.3 Å². The number of hydrogen-bond acceptors (Lipinski definition) is 2. The molecule has 2 atom stereocenters. The van der Waals surface area contributed by atoms with Crippen molar-refractivity contribution < 1.29 is 4.58 Å². The summed E-state index contributed by atoms with van der Waals surface area (Å²) in [6, 6.07) is 2.35. The molecule has 3 aliphatic rings. The van der Waals surface area contributed by atoms with E-state index in [-0.39, 0.29) is 0 Å². The van der Waals surface area contributed by atoms with Gasteiger partial charge in [-0.1, -0.05) is 16.8 Å². The third-order valence-electron chi connectivity index (χ3n) is 5.34. The Morgan fingerprint density at radius 2 is 2.05 bits per heavy atom. The summed E-state index contributed by atoms with van der Waals surface area (Å²) in [7, 11) is 2.13. The van der Waals surface area contributed by atoms with Crippen molar-refractivity contribution in [3.05, 3.63) is 39.9 Å². The van der Waals surface area contributed by atoms with Crippen molar-refractivity contribution in [2.45, 2.75) is 26.1 Å². The van der Waals surface area contributed by atoms with E-state index >= 15 is 0 Å². The second-order valence-electron chi connectivity index (χ2n) is 6.58. The van der Waals surface area contributed by atoms with Gasteiger partial charge in [-0.15, -0.1) is 0 Å². The molecule has 22 heavy (non-hydrogen) atoms. The third kappa shape index (κ3) is 1.30. The maximum Gasteiger partial charge on any atom is 0.281 e. The van der Waals surface area contributed by atoms with Crippen LogP contribution in [0.4, 0.5) is 0 Å². The average Bonchev–Trinajstić information content (AvgIpc) is 3.05. The minimum Gasteiger partial charge on any atom is -0.318 e. The predicted octanol–water partition coefficient (Wildman–Crippen LogP) is 3.54. The molecule has 0 saturated heterocycles. The Morgan fingerprint density at radius 3 is 2.86 bits per heavy atom. The van der Waals surface area contributed by atoms with Gasteiger partial charge in [-0.05, 0) is 48.9 Å². The van der Waals surface area contributed by atoms with Crippen molar-refractivity contribution in [1.82, 2.24) is 4.57 Å². The van der Waals surface area contributed by atoms with E-state index < -0.39 is 0 Å². The molecule has 110 valence electrons. The number of aryl methyl sites for hydroxylation is 2. The lowest BCUT2D eigenvalue weighted by atomic mass is 9.84. The van der Waals surface area contributed by atoms with E-state index in [1.807, 2.05) is 18.1 Å². The Morgan fingerprint density at radius 1 is 1.23 bits per heavy atom. The highest BCUT2D eigenvalue weighted by Gasteiger charge is 2.47. The van der Waals surface area contributed by atoms with Gasteiger partial charge < -0.3 is 4.57 Å². The molecule has 2 aromatic rings. The van der Waals surface area contributed by atoms with E-state index in [1.165, 1.54) is 44.6 Å². The van der Waals surface area contributed by atoms with Gasteiger partial charge in [0.2, 0.25) is 5.37 Å². The summed E-state index contributed by atoms with van der Waals surface area (Å²) < 4.78 is 4.65. The van der Waals surface area contributed by atoms with Gasteiger partial charge in [0.1, 0.15) is 11.6 Å². The molecule has 0 amide bonds. The van der Waals surface area contributed by atoms with Crippen LogP contribution in [-0.4, -0.2) is 33.6 Å².